The topological polar surface area (TPSA) is 74.5 Å². The number of methoxy groups -OCH3 is 1. The van der Waals surface area contributed by atoms with Gasteiger partial charge in [0.15, 0.2) is 24.0 Å². The highest BCUT2D eigenvalue weighted by Crippen LogP contribution is 2.22. The molecule has 0 aliphatic rings. The fourth-order valence-corrected chi connectivity index (χ4v) is 2.93. The zero-order chi connectivity index (χ0) is 19.2. The van der Waals surface area contributed by atoms with Gasteiger partial charge < -0.3 is 13.9 Å². The Morgan fingerprint density at radius 1 is 1.22 bits per heavy atom. The number of ether oxygens (including phenoxy) is 2. The summed E-state index contributed by atoms with van der Waals surface area (Å²) >= 11 is 1.09. The highest BCUT2D eigenvalue weighted by atomic mass is 32.2. The maximum absolute atomic E-state index is 13.7. The lowest BCUT2D eigenvalue weighted by Gasteiger charge is -2.04. The molecule has 0 aliphatic heterocycles. The van der Waals surface area contributed by atoms with Crippen LogP contribution in [-0.4, -0.2) is 28.8 Å². The molecule has 0 amide bonds. The molecule has 0 bridgehead atoms. The first-order chi connectivity index (χ1) is 13.0. The number of thioether (sulfide) groups is 1. The van der Waals surface area contributed by atoms with Gasteiger partial charge in [-0.15, -0.1) is 10.2 Å². The molecule has 2 aromatic carbocycles. The second kappa shape index (κ2) is 8.68. The van der Waals surface area contributed by atoms with Crippen LogP contribution in [0, 0.1) is 12.7 Å². The van der Waals surface area contributed by atoms with E-state index in [9.17, 15) is 9.18 Å². The molecule has 0 aliphatic carbocycles. The van der Waals surface area contributed by atoms with Crippen LogP contribution in [0.5, 0.6) is 11.5 Å². The molecule has 0 N–H and O–H groups in total. The van der Waals surface area contributed by atoms with Crippen LogP contribution < -0.4 is 9.47 Å². The molecule has 0 fully saturated rings. The Bertz CT molecular complexity index is 945. The van der Waals surface area contributed by atoms with Crippen molar-refractivity contribution in [2.24, 2.45) is 0 Å². The van der Waals surface area contributed by atoms with Gasteiger partial charge in [0.05, 0.1) is 12.9 Å². The molecule has 0 atom stereocenters. The molecule has 0 spiro atoms. The van der Waals surface area contributed by atoms with Gasteiger partial charge in [-0.05, 0) is 42.8 Å². The minimum atomic E-state index is -0.582. The predicted octanol–water partition coefficient (Wildman–Crippen LogP) is 4.08. The Kier molecular flexibility index (Phi) is 6.08. The smallest absolute Gasteiger partial charge is 0.277 e. The lowest BCUT2D eigenvalue weighted by atomic mass is 10.1. The summed E-state index contributed by atoms with van der Waals surface area (Å²) in [7, 11) is 1.37. The molecular formula is C19H17FN2O4S. The molecule has 0 unspecified atom stereocenters. The predicted molar refractivity (Wildman–Crippen MR) is 97.8 cm³/mol. The molecule has 1 heterocycles. The maximum atomic E-state index is 13.7. The standard InChI is InChI=1S/C19H17FN2O4S/c1-12-4-3-5-14(8-12)25-10-18-21-22-19(26-18)27-11-16(23)13-6-7-17(24-2)15(20)9-13/h3-9H,10-11H2,1-2H3. The Morgan fingerprint density at radius 3 is 2.81 bits per heavy atom. The van der Waals surface area contributed by atoms with Crippen LogP contribution in [0.4, 0.5) is 4.39 Å². The largest absolute Gasteiger partial charge is 0.494 e. The average molecular weight is 388 g/mol. The van der Waals surface area contributed by atoms with Crippen molar-refractivity contribution in [3.8, 4) is 11.5 Å². The van der Waals surface area contributed by atoms with Gasteiger partial charge in [0.25, 0.3) is 11.1 Å². The molecule has 140 valence electrons. The van der Waals surface area contributed by atoms with Gasteiger partial charge in [-0.1, -0.05) is 23.9 Å². The van der Waals surface area contributed by atoms with Crippen LogP contribution in [0.25, 0.3) is 0 Å². The summed E-state index contributed by atoms with van der Waals surface area (Å²) in [6.07, 6.45) is 0. The van der Waals surface area contributed by atoms with E-state index >= 15 is 0 Å². The molecule has 0 saturated heterocycles. The second-order valence-corrected chi connectivity index (χ2v) is 6.55. The van der Waals surface area contributed by atoms with E-state index in [4.69, 9.17) is 13.9 Å². The zero-order valence-corrected chi connectivity index (χ0v) is 15.6. The number of nitrogens with zero attached hydrogens (tertiary/aromatic N) is 2. The minimum absolute atomic E-state index is 0.0478. The third kappa shape index (κ3) is 5.07. The van der Waals surface area contributed by atoms with E-state index in [-0.39, 0.29) is 34.7 Å². The number of Topliss-reactive ketones (excluding diaryl/α,β-unsaturated/α-hetero) is 1. The van der Waals surface area contributed by atoms with Crippen molar-refractivity contribution < 1.29 is 23.1 Å². The van der Waals surface area contributed by atoms with E-state index in [1.54, 1.807) is 0 Å². The van der Waals surface area contributed by atoms with Crippen LogP contribution in [0.2, 0.25) is 0 Å². The summed E-state index contributed by atoms with van der Waals surface area (Å²) in [6.45, 7) is 2.11. The molecule has 8 heteroatoms. The van der Waals surface area contributed by atoms with Crippen molar-refractivity contribution in [2.75, 3.05) is 12.9 Å². The van der Waals surface area contributed by atoms with Crippen LogP contribution in [0.1, 0.15) is 21.8 Å². The van der Waals surface area contributed by atoms with Gasteiger partial charge in [-0.2, -0.15) is 0 Å². The van der Waals surface area contributed by atoms with E-state index in [1.165, 1.54) is 19.2 Å². The fraction of sp³-hybridized carbons (Fsp3) is 0.211. The van der Waals surface area contributed by atoms with E-state index in [1.807, 2.05) is 31.2 Å². The molecule has 0 saturated carbocycles. The number of benzene rings is 2. The third-order valence-corrected chi connectivity index (χ3v) is 4.42. The van der Waals surface area contributed by atoms with Crippen LogP contribution >= 0.6 is 11.8 Å². The first-order valence-electron chi connectivity index (χ1n) is 8.06. The number of hydrogen-bond acceptors (Lipinski definition) is 7. The highest BCUT2D eigenvalue weighted by molar-refractivity contribution is 7.99. The number of carbonyl (C=O) groups is 1. The number of halogens is 1. The number of hydrogen-bond donors (Lipinski definition) is 0. The Balaban J connectivity index is 1.53. The lowest BCUT2D eigenvalue weighted by Crippen LogP contribution is -2.03. The van der Waals surface area contributed by atoms with Crippen molar-refractivity contribution in [2.45, 2.75) is 18.8 Å². The summed E-state index contributed by atoms with van der Waals surface area (Å²) in [5.41, 5.74) is 1.34. The van der Waals surface area contributed by atoms with Gasteiger partial charge in [-0.25, -0.2) is 4.39 Å². The molecule has 3 rings (SSSR count). The monoisotopic (exact) mass is 388 g/mol. The zero-order valence-electron chi connectivity index (χ0n) is 14.8. The van der Waals surface area contributed by atoms with Crippen LogP contribution in [0.3, 0.4) is 0 Å². The summed E-state index contributed by atoms with van der Waals surface area (Å²) < 4.78 is 29.6. The Hall–Kier alpha value is -2.87. The summed E-state index contributed by atoms with van der Waals surface area (Å²) in [6, 6.07) is 11.7. The SMILES string of the molecule is COc1ccc(C(=O)CSc2nnc(COc3cccc(C)c3)o2)cc1F. The summed E-state index contributed by atoms with van der Waals surface area (Å²) in [4.78, 5) is 12.2. The van der Waals surface area contributed by atoms with Gasteiger partial charge in [0.2, 0.25) is 0 Å². The number of carbonyl (C=O) groups excluding carboxylic acids is 1. The molecule has 3 aromatic rings. The molecule has 6 nitrogen and oxygen atoms in total. The third-order valence-electron chi connectivity index (χ3n) is 3.60. The van der Waals surface area contributed by atoms with Crippen molar-refractivity contribution in [3.05, 3.63) is 65.3 Å². The first kappa shape index (κ1) is 18.9. The fourth-order valence-electron chi connectivity index (χ4n) is 2.26. The quantitative estimate of drug-likeness (QED) is 0.425. The van der Waals surface area contributed by atoms with Crippen LogP contribution in [0.15, 0.2) is 52.1 Å². The second-order valence-electron chi connectivity index (χ2n) is 5.63. The molecule has 0 radical (unpaired) electrons. The van der Waals surface area contributed by atoms with Crippen molar-refractivity contribution >= 4 is 17.5 Å². The van der Waals surface area contributed by atoms with E-state index in [0.717, 1.165) is 23.4 Å². The lowest BCUT2D eigenvalue weighted by molar-refractivity contribution is 0.102. The first-order valence-corrected chi connectivity index (χ1v) is 9.05. The number of aryl methyl sites for hydroxylation is 1. The van der Waals surface area contributed by atoms with Gasteiger partial charge in [0.1, 0.15) is 5.75 Å². The van der Waals surface area contributed by atoms with Gasteiger partial charge in [0, 0.05) is 5.56 Å². The van der Waals surface area contributed by atoms with Gasteiger partial charge in [-0.3, -0.25) is 4.79 Å². The maximum Gasteiger partial charge on any atom is 0.277 e. The Morgan fingerprint density at radius 2 is 2.07 bits per heavy atom. The molecular weight excluding hydrogens is 371 g/mol. The van der Waals surface area contributed by atoms with E-state index < -0.39 is 5.82 Å². The van der Waals surface area contributed by atoms with Crippen molar-refractivity contribution in [1.82, 2.24) is 10.2 Å². The molecule has 27 heavy (non-hydrogen) atoms. The summed E-state index contributed by atoms with van der Waals surface area (Å²) in [5.74, 6) is 0.320. The average Bonchev–Trinajstić information content (AvgIpc) is 3.12. The van der Waals surface area contributed by atoms with Gasteiger partial charge >= 0.3 is 0 Å². The number of aromatic nitrogens is 2. The normalized spacial score (nSPS) is 10.6. The number of ketones is 1. The highest BCUT2D eigenvalue weighted by Gasteiger charge is 2.14. The van der Waals surface area contributed by atoms with Crippen molar-refractivity contribution in [1.29, 1.82) is 0 Å². The van der Waals surface area contributed by atoms with E-state index in [2.05, 4.69) is 10.2 Å². The van der Waals surface area contributed by atoms with Crippen molar-refractivity contribution in [3.63, 3.8) is 0 Å². The molecule has 1 aromatic heterocycles. The Labute approximate surface area is 159 Å². The van der Waals surface area contributed by atoms with Crippen LogP contribution in [-0.2, 0) is 6.61 Å². The number of rotatable bonds is 8. The summed E-state index contributed by atoms with van der Waals surface area (Å²) in [5, 5.41) is 8.02. The van der Waals surface area contributed by atoms with E-state index in [0.29, 0.717) is 11.6 Å². The minimum Gasteiger partial charge on any atom is -0.494 e.